The second-order valence-electron chi connectivity index (χ2n) is 5.78. The molecule has 2 rings (SSSR count). The first-order chi connectivity index (χ1) is 8.72. The lowest BCUT2D eigenvalue weighted by Gasteiger charge is -2.38. The van der Waals surface area contributed by atoms with Gasteiger partial charge in [0.05, 0.1) is 0 Å². The van der Waals surface area contributed by atoms with Crippen LogP contribution in [0.1, 0.15) is 38.3 Å². The molecule has 18 heavy (non-hydrogen) atoms. The molecular weight excluding hydrogens is 220 g/mol. The summed E-state index contributed by atoms with van der Waals surface area (Å²) in [6, 6.07) is 11.1. The van der Waals surface area contributed by atoms with Gasteiger partial charge in [0.2, 0.25) is 0 Å². The Morgan fingerprint density at radius 1 is 1.17 bits per heavy atom. The number of likely N-dealkylation sites (tertiary alicyclic amines) is 1. The van der Waals surface area contributed by atoms with Crippen LogP contribution < -0.4 is 5.73 Å². The highest BCUT2D eigenvalue weighted by Gasteiger charge is 2.26. The van der Waals surface area contributed by atoms with Crippen LogP contribution in [-0.4, -0.2) is 24.5 Å². The van der Waals surface area contributed by atoms with E-state index < -0.39 is 0 Å². The van der Waals surface area contributed by atoms with E-state index >= 15 is 0 Å². The van der Waals surface area contributed by atoms with Crippen molar-refractivity contribution in [2.75, 3.05) is 19.6 Å². The molecule has 1 aromatic carbocycles. The molecule has 0 spiro atoms. The molecule has 0 amide bonds. The molecule has 1 heterocycles. The fourth-order valence-corrected chi connectivity index (χ4v) is 3.07. The van der Waals surface area contributed by atoms with Crippen molar-refractivity contribution in [3.05, 3.63) is 35.9 Å². The number of benzene rings is 1. The molecule has 0 radical (unpaired) electrons. The van der Waals surface area contributed by atoms with Gasteiger partial charge in [-0.3, -0.25) is 4.90 Å². The maximum atomic E-state index is 5.99. The summed E-state index contributed by atoms with van der Waals surface area (Å²) in [6.45, 7) is 7.80. The van der Waals surface area contributed by atoms with Gasteiger partial charge in [0.25, 0.3) is 0 Å². The molecular formula is C16H26N2. The Bertz CT molecular complexity index is 339. The molecule has 2 N–H and O–H groups in total. The highest BCUT2D eigenvalue weighted by atomic mass is 15.2. The lowest BCUT2D eigenvalue weighted by molar-refractivity contribution is 0.117. The zero-order chi connectivity index (χ0) is 13.0. The van der Waals surface area contributed by atoms with Crippen LogP contribution in [0.3, 0.4) is 0 Å². The number of rotatable bonds is 4. The van der Waals surface area contributed by atoms with Crippen molar-refractivity contribution in [3.63, 3.8) is 0 Å². The van der Waals surface area contributed by atoms with Gasteiger partial charge >= 0.3 is 0 Å². The minimum Gasteiger partial charge on any atom is -0.329 e. The molecule has 1 atom stereocenters. The van der Waals surface area contributed by atoms with Crippen molar-refractivity contribution in [2.45, 2.75) is 32.7 Å². The summed E-state index contributed by atoms with van der Waals surface area (Å²) in [5.74, 6) is 1.72. The number of piperidine rings is 1. The minimum atomic E-state index is 0.402. The Labute approximate surface area is 111 Å². The zero-order valence-electron chi connectivity index (χ0n) is 11.7. The molecule has 1 unspecified atom stereocenters. The minimum absolute atomic E-state index is 0.402. The maximum Gasteiger partial charge on any atom is 0.0470 e. The molecule has 100 valence electrons. The van der Waals surface area contributed by atoms with Crippen LogP contribution in [0, 0.1) is 11.8 Å². The fourth-order valence-electron chi connectivity index (χ4n) is 3.07. The smallest absolute Gasteiger partial charge is 0.0470 e. The molecule has 2 nitrogen and oxygen atoms in total. The molecule has 1 aromatic rings. The van der Waals surface area contributed by atoms with Gasteiger partial charge in [0, 0.05) is 12.6 Å². The summed E-state index contributed by atoms with van der Waals surface area (Å²) in [7, 11) is 0. The van der Waals surface area contributed by atoms with Crippen LogP contribution in [0.15, 0.2) is 30.3 Å². The normalized spacial score (nSPS) is 20.2. The van der Waals surface area contributed by atoms with Crippen molar-refractivity contribution in [1.82, 2.24) is 4.90 Å². The first kappa shape index (κ1) is 13.6. The lowest BCUT2D eigenvalue weighted by atomic mass is 9.86. The van der Waals surface area contributed by atoms with E-state index in [2.05, 4.69) is 49.1 Å². The van der Waals surface area contributed by atoms with Crippen molar-refractivity contribution in [1.29, 1.82) is 0 Å². The molecule has 0 aliphatic carbocycles. The molecule has 1 saturated heterocycles. The standard InChI is InChI=1S/C16H26N2/c1-13(2)14-8-10-18(11-9-14)16(12-17)15-6-4-3-5-7-15/h3-7,13-14,16H,8-12,17H2,1-2H3. The molecule has 2 heteroatoms. The quantitative estimate of drug-likeness (QED) is 0.884. The molecule has 0 aromatic heterocycles. The first-order valence-electron chi connectivity index (χ1n) is 7.21. The summed E-state index contributed by atoms with van der Waals surface area (Å²) in [5, 5.41) is 0. The van der Waals surface area contributed by atoms with Crippen molar-refractivity contribution in [3.8, 4) is 0 Å². The Kier molecular flexibility index (Phi) is 4.79. The molecule has 0 bridgehead atoms. The van der Waals surface area contributed by atoms with Gasteiger partial charge in [-0.1, -0.05) is 44.2 Å². The van der Waals surface area contributed by atoms with Crippen molar-refractivity contribution < 1.29 is 0 Å². The molecule has 1 fully saturated rings. The Balaban J connectivity index is 1.99. The van der Waals surface area contributed by atoms with Crippen LogP contribution >= 0.6 is 0 Å². The van der Waals surface area contributed by atoms with Gasteiger partial charge in [-0.15, -0.1) is 0 Å². The summed E-state index contributed by atoms with van der Waals surface area (Å²) in [5.41, 5.74) is 7.35. The summed E-state index contributed by atoms with van der Waals surface area (Å²) >= 11 is 0. The van der Waals surface area contributed by atoms with Gasteiger partial charge in [-0.05, 0) is 43.3 Å². The predicted molar refractivity (Wildman–Crippen MR) is 77.4 cm³/mol. The van der Waals surface area contributed by atoms with E-state index in [-0.39, 0.29) is 0 Å². The second kappa shape index (κ2) is 6.35. The van der Waals surface area contributed by atoms with E-state index in [0.29, 0.717) is 6.04 Å². The summed E-state index contributed by atoms with van der Waals surface area (Å²) in [6.07, 6.45) is 2.64. The summed E-state index contributed by atoms with van der Waals surface area (Å²) < 4.78 is 0. The number of nitrogens with two attached hydrogens (primary N) is 1. The Morgan fingerprint density at radius 2 is 1.78 bits per heavy atom. The van der Waals surface area contributed by atoms with E-state index in [0.717, 1.165) is 18.4 Å². The highest BCUT2D eigenvalue weighted by Crippen LogP contribution is 2.29. The van der Waals surface area contributed by atoms with E-state index in [1.807, 2.05) is 0 Å². The Hall–Kier alpha value is -0.860. The van der Waals surface area contributed by atoms with Gasteiger partial charge < -0.3 is 5.73 Å². The Morgan fingerprint density at radius 3 is 2.28 bits per heavy atom. The highest BCUT2D eigenvalue weighted by molar-refractivity contribution is 5.19. The fraction of sp³-hybridized carbons (Fsp3) is 0.625. The first-order valence-corrected chi connectivity index (χ1v) is 7.21. The van der Waals surface area contributed by atoms with Gasteiger partial charge in [0.1, 0.15) is 0 Å². The topological polar surface area (TPSA) is 29.3 Å². The van der Waals surface area contributed by atoms with E-state index in [1.54, 1.807) is 0 Å². The third-order valence-electron chi connectivity index (χ3n) is 4.37. The largest absolute Gasteiger partial charge is 0.329 e. The van der Waals surface area contributed by atoms with Crippen LogP contribution in [0.2, 0.25) is 0 Å². The average molecular weight is 246 g/mol. The lowest BCUT2D eigenvalue weighted by Crippen LogP contribution is -2.40. The molecule has 1 aliphatic rings. The van der Waals surface area contributed by atoms with Crippen molar-refractivity contribution in [2.24, 2.45) is 17.6 Å². The number of hydrogen-bond donors (Lipinski definition) is 1. The van der Waals surface area contributed by atoms with Crippen LogP contribution in [0.25, 0.3) is 0 Å². The van der Waals surface area contributed by atoms with E-state index in [9.17, 15) is 0 Å². The summed E-state index contributed by atoms with van der Waals surface area (Å²) in [4.78, 5) is 2.56. The monoisotopic (exact) mass is 246 g/mol. The number of hydrogen-bond acceptors (Lipinski definition) is 2. The average Bonchev–Trinajstić information content (AvgIpc) is 2.41. The third kappa shape index (κ3) is 3.12. The molecule has 1 aliphatic heterocycles. The van der Waals surface area contributed by atoms with E-state index in [4.69, 9.17) is 5.73 Å². The molecule has 0 saturated carbocycles. The SMILES string of the molecule is CC(C)C1CCN(C(CN)c2ccccc2)CC1. The number of nitrogens with zero attached hydrogens (tertiary/aromatic N) is 1. The van der Waals surface area contributed by atoms with Gasteiger partial charge in [-0.2, -0.15) is 0 Å². The van der Waals surface area contributed by atoms with Gasteiger partial charge in [-0.25, -0.2) is 0 Å². The third-order valence-corrected chi connectivity index (χ3v) is 4.37. The second-order valence-corrected chi connectivity index (χ2v) is 5.78. The van der Waals surface area contributed by atoms with Crippen LogP contribution in [-0.2, 0) is 0 Å². The zero-order valence-corrected chi connectivity index (χ0v) is 11.7. The van der Waals surface area contributed by atoms with Crippen LogP contribution in [0.4, 0.5) is 0 Å². The van der Waals surface area contributed by atoms with Gasteiger partial charge in [0.15, 0.2) is 0 Å². The van der Waals surface area contributed by atoms with E-state index in [1.165, 1.54) is 31.5 Å². The van der Waals surface area contributed by atoms with Crippen LogP contribution in [0.5, 0.6) is 0 Å². The van der Waals surface area contributed by atoms with Crippen molar-refractivity contribution >= 4 is 0 Å². The predicted octanol–water partition coefficient (Wildman–Crippen LogP) is 3.05. The maximum absolute atomic E-state index is 5.99.